The van der Waals surface area contributed by atoms with E-state index in [-0.39, 0.29) is 12.0 Å². The second-order valence-corrected chi connectivity index (χ2v) is 8.39. The molecule has 3 rings (SSSR count). The summed E-state index contributed by atoms with van der Waals surface area (Å²) in [6.07, 6.45) is -0.762. The highest BCUT2D eigenvalue weighted by Gasteiger charge is 2.36. The molecule has 1 aromatic carbocycles. The zero-order valence-corrected chi connectivity index (χ0v) is 17.2. The van der Waals surface area contributed by atoms with E-state index < -0.39 is 29.8 Å². The van der Waals surface area contributed by atoms with Gasteiger partial charge in [0.1, 0.15) is 18.2 Å². The van der Waals surface area contributed by atoms with Crippen LogP contribution in [0.5, 0.6) is 5.88 Å². The number of rotatable bonds is 4. The highest BCUT2D eigenvalue weighted by molar-refractivity contribution is 9.10. The van der Waals surface area contributed by atoms with Crippen LogP contribution in [0.1, 0.15) is 20.8 Å². The number of hydrogen-bond donors (Lipinski definition) is 1. The standard InChI is InChI=1S/C18H20BrN3O6/c1-18(2,3)28-17(26)21-7-11(8-21)27-15-13-6-10(19)4-5-12(13)16(25)22(20-15)9-14(23)24/h4-6,11H,7-9H2,1-3H3,(H,23,24). The normalized spacial score (nSPS) is 14.6. The molecule has 2 heterocycles. The Morgan fingerprint density at radius 2 is 1.96 bits per heavy atom. The van der Waals surface area contributed by atoms with Crippen molar-refractivity contribution in [1.82, 2.24) is 14.7 Å². The summed E-state index contributed by atoms with van der Waals surface area (Å²) in [5, 5.41) is 13.9. The van der Waals surface area contributed by atoms with Gasteiger partial charge in [0.15, 0.2) is 0 Å². The van der Waals surface area contributed by atoms with Gasteiger partial charge in [0.05, 0.1) is 23.9 Å². The van der Waals surface area contributed by atoms with Crippen LogP contribution in [0.3, 0.4) is 0 Å². The third-order valence-corrected chi connectivity index (χ3v) is 4.44. The van der Waals surface area contributed by atoms with Crippen molar-refractivity contribution in [2.75, 3.05) is 13.1 Å². The Morgan fingerprint density at radius 1 is 1.29 bits per heavy atom. The Kier molecular flexibility index (Phi) is 5.33. The minimum Gasteiger partial charge on any atom is -0.480 e. The van der Waals surface area contributed by atoms with E-state index in [0.717, 1.165) is 9.15 Å². The van der Waals surface area contributed by atoms with Gasteiger partial charge in [0, 0.05) is 4.47 Å². The maximum absolute atomic E-state index is 12.5. The third-order valence-electron chi connectivity index (χ3n) is 3.95. The van der Waals surface area contributed by atoms with Crippen LogP contribution in [0.15, 0.2) is 27.5 Å². The average Bonchev–Trinajstić information content (AvgIpc) is 2.51. The number of carbonyl (C=O) groups excluding carboxylic acids is 1. The number of aromatic nitrogens is 2. The van der Waals surface area contributed by atoms with Gasteiger partial charge in [-0.3, -0.25) is 9.59 Å². The first-order chi connectivity index (χ1) is 13.0. The zero-order chi connectivity index (χ0) is 20.6. The number of likely N-dealkylation sites (tertiary alicyclic amines) is 1. The van der Waals surface area contributed by atoms with Crippen molar-refractivity contribution in [1.29, 1.82) is 0 Å². The van der Waals surface area contributed by atoms with E-state index in [1.54, 1.807) is 39.0 Å². The molecule has 0 bridgehead atoms. The molecular formula is C18H20BrN3O6. The fourth-order valence-electron chi connectivity index (χ4n) is 2.70. The smallest absolute Gasteiger partial charge is 0.410 e. The van der Waals surface area contributed by atoms with Crippen LogP contribution in [0.25, 0.3) is 10.8 Å². The molecule has 2 aromatic rings. The number of amides is 1. The number of carboxylic acids is 1. The summed E-state index contributed by atoms with van der Waals surface area (Å²) < 4.78 is 12.8. The van der Waals surface area contributed by atoms with Gasteiger partial charge in [0.2, 0.25) is 5.88 Å². The van der Waals surface area contributed by atoms with Gasteiger partial charge in [-0.25, -0.2) is 9.48 Å². The van der Waals surface area contributed by atoms with Crippen molar-refractivity contribution in [2.24, 2.45) is 0 Å². The molecule has 1 aliphatic heterocycles. The van der Waals surface area contributed by atoms with Gasteiger partial charge in [-0.1, -0.05) is 15.9 Å². The topological polar surface area (TPSA) is 111 Å². The zero-order valence-electron chi connectivity index (χ0n) is 15.6. The second-order valence-electron chi connectivity index (χ2n) is 7.48. The molecule has 1 fully saturated rings. The lowest BCUT2D eigenvalue weighted by molar-refractivity contribution is -0.138. The van der Waals surface area contributed by atoms with Crippen LogP contribution in [-0.2, 0) is 16.1 Å². The van der Waals surface area contributed by atoms with Gasteiger partial charge in [0.25, 0.3) is 5.56 Å². The van der Waals surface area contributed by atoms with Crippen molar-refractivity contribution in [3.05, 3.63) is 33.0 Å². The third kappa shape index (κ3) is 4.44. The van der Waals surface area contributed by atoms with Crippen molar-refractivity contribution < 1.29 is 24.2 Å². The predicted molar refractivity (Wildman–Crippen MR) is 104 cm³/mol. The molecule has 0 radical (unpaired) electrons. The Hall–Kier alpha value is -2.62. The Balaban J connectivity index is 1.82. The van der Waals surface area contributed by atoms with E-state index in [2.05, 4.69) is 21.0 Å². The summed E-state index contributed by atoms with van der Waals surface area (Å²) in [6.45, 7) is 5.42. The fourth-order valence-corrected chi connectivity index (χ4v) is 3.06. The van der Waals surface area contributed by atoms with E-state index in [9.17, 15) is 14.4 Å². The highest BCUT2D eigenvalue weighted by atomic mass is 79.9. The number of fused-ring (bicyclic) bond motifs is 1. The summed E-state index contributed by atoms with van der Waals surface area (Å²) in [5.41, 5.74) is -1.10. The maximum atomic E-state index is 12.5. The van der Waals surface area contributed by atoms with Crippen molar-refractivity contribution in [3.8, 4) is 5.88 Å². The van der Waals surface area contributed by atoms with Crippen LogP contribution >= 0.6 is 15.9 Å². The Bertz CT molecular complexity index is 991. The first-order valence-electron chi connectivity index (χ1n) is 8.60. The summed E-state index contributed by atoms with van der Waals surface area (Å²) >= 11 is 3.35. The molecule has 150 valence electrons. The largest absolute Gasteiger partial charge is 0.480 e. The van der Waals surface area contributed by atoms with Gasteiger partial charge in [-0.05, 0) is 39.0 Å². The van der Waals surface area contributed by atoms with Crippen LogP contribution in [-0.4, -0.2) is 56.6 Å². The number of hydrogen-bond acceptors (Lipinski definition) is 6. The molecule has 0 spiro atoms. The van der Waals surface area contributed by atoms with Crippen LogP contribution < -0.4 is 10.3 Å². The lowest BCUT2D eigenvalue weighted by atomic mass is 10.1. The number of halogens is 1. The summed E-state index contributed by atoms with van der Waals surface area (Å²) in [6, 6.07) is 4.96. The minimum absolute atomic E-state index is 0.144. The fraction of sp³-hybridized carbons (Fsp3) is 0.444. The summed E-state index contributed by atoms with van der Waals surface area (Å²) in [7, 11) is 0. The quantitative estimate of drug-likeness (QED) is 0.755. The van der Waals surface area contributed by atoms with E-state index >= 15 is 0 Å². The first kappa shape index (κ1) is 20.1. The number of ether oxygens (including phenoxy) is 2. The van der Waals surface area contributed by atoms with E-state index in [0.29, 0.717) is 23.9 Å². The van der Waals surface area contributed by atoms with Gasteiger partial charge >= 0.3 is 12.1 Å². The molecule has 10 heteroatoms. The Morgan fingerprint density at radius 3 is 2.57 bits per heavy atom. The molecule has 1 N–H and O–H groups in total. The molecule has 0 atom stereocenters. The molecule has 0 aliphatic carbocycles. The molecule has 1 aromatic heterocycles. The highest BCUT2D eigenvalue weighted by Crippen LogP contribution is 2.27. The summed E-state index contributed by atoms with van der Waals surface area (Å²) in [5.74, 6) is -1.04. The van der Waals surface area contributed by atoms with E-state index in [1.165, 1.54) is 4.90 Å². The lowest BCUT2D eigenvalue weighted by Gasteiger charge is -2.39. The maximum Gasteiger partial charge on any atom is 0.410 e. The lowest BCUT2D eigenvalue weighted by Crippen LogP contribution is -2.57. The predicted octanol–water partition coefficient (Wildman–Crippen LogP) is 2.24. The monoisotopic (exact) mass is 453 g/mol. The van der Waals surface area contributed by atoms with E-state index in [1.807, 2.05) is 0 Å². The van der Waals surface area contributed by atoms with Gasteiger partial charge < -0.3 is 19.5 Å². The molecule has 0 saturated carbocycles. The molecular weight excluding hydrogens is 434 g/mol. The molecule has 28 heavy (non-hydrogen) atoms. The van der Waals surface area contributed by atoms with Gasteiger partial charge in [-0.2, -0.15) is 0 Å². The molecule has 1 saturated heterocycles. The van der Waals surface area contributed by atoms with Gasteiger partial charge in [-0.15, -0.1) is 5.10 Å². The Labute approximate surface area is 169 Å². The van der Waals surface area contributed by atoms with Crippen LogP contribution in [0.4, 0.5) is 4.79 Å². The number of nitrogens with zero attached hydrogens (tertiary/aromatic N) is 3. The van der Waals surface area contributed by atoms with E-state index in [4.69, 9.17) is 14.6 Å². The minimum atomic E-state index is -1.18. The SMILES string of the molecule is CC(C)(C)OC(=O)N1CC(Oc2nn(CC(=O)O)c(=O)c3ccc(Br)cc23)C1. The second kappa shape index (κ2) is 7.42. The van der Waals surface area contributed by atoms with Crippen molar-refractivity contribution in [2.45, 2.75) is 39.0 Å². The number of carboxylic acid groups (broad SMARTS) is 1. The number of benzene rings is 1. The van der Waals surface area contributed by atoms with Crippen LogP contribution in [0, 0.1) is 0 Å². The van der Waals surface area contributed by atoms with Crippen LogP contribution in [0.2, 0.25) is 0 Å². The number of carbonyl (C=O) groups is 2. The molecule has 1 aliphatic rings. The average molecular weight is 454 g/mol. The number of aliphatic carboxylic acids is 1. The summed E-state index contributed by atoms with van der Waals surface area (Å²) in [4.78, 5) is 37.0. The molecule has 0 unspecified atom stereocenters. The van der Waals surface area contributed by atoms with Crippen molar-refractivity contribution >= 4 is 38.8 Å². The first-order valence-corrected chi connectivity index (χ1v) is 9.39. The van der Waals surface area contributed by atoms with Crippen molar-refractivity contribution in [3.63, 3.8) is 0 Å². The molecule has 9 nitrogen and oxygen atoms in total. The molecule has 1 amide bonds.